The third-order valence-electron chi connectivity index (χ3n) is 5.05. The number of pyridine rings is 3. The first kappa shape index (κ1) is 22.0. The van der Waals surface area contributed by atoms with Gasteiger partial charge in [-0.3, -0.25) is 9.98 Å². The summed E-state index contributed by atoms with van der Waals surface area (Å²) in [6.07, 6.45) is 8.01. The lowest BCUT2D eigenvalue weighted by Crippen LogP contribution is -2.40. The van der Waals surface area contributed by atoms with Crippen molar-refractivity contribution in [1.82, 2.24) is 15.0 Å². The predicted molar refractivity (Wildman–Crippen MR) is 118 cm³/mol. The molecule has 0 saturated heterocycles. The highest BCUT2D eigenvalue weighted by molar-refractivity contribution is 7.92. The summed E-state index contributed by atoms with van der Waals surface area (Å²) in [5, 5.41) is 2.08. The Hall–Kier alpha value is -3.21. The van der Waals surface area contributed by atoms with Crippen LogP contribution in [0.25, 0.3) is 11.0 Å². The maximum absolute atomic E-state index is 14.4. The normalized spacial score (nSPS) is 21.3. The zero-order valence-electron chi connectivity index (χ0n) is 17.3. The van der Waals surface area contributed by atoms with Gasteiger partial charge in [-0.15, -0.1) is 0 Å². The lowest BCUT2D eigenvalue weighted by Gasteiger charge is -2.24. The Balaban J connectivity index is 0.000000754. The van der Waals surface area contributed by atoms with Crippen LogP contribution in [0.4, 0.5) is 20.3 Å². The second kappa shape index (κ2) is 8.73. The van der Waals surface area contributed by atoms with Crippen LogP contribution in [0.5, 0.6) is 0 Å². The number of nitrogens with two attached hydrogens (primary N) is 1. The van der Waals surface area contributed by atoms with Crippen LogP contribution in [0, 0.1) is 11.6 Å². The van der Waals surface area contributed by atoms with Crippen molar-refractivity contribution in [1.29, 1.82) is 0 Å². The van der Waals surface area contributed by atoms with E-state index in [4.69, 9.17) is 5.73 Å². The number of amidine groups is 1. The smallest absolute Gasteiger partial charge is 0.162 e. The lowest BCUT2D eigenvalue weighted by molar-refractivity contribution is 0.565. The van der Waals surface area contributed by atoms with Gasteiger partial charge in [0.25, 0.3) is 0 Å². The van der Waals surface area contributed by atoms with Gasteiger partial charge in [-0.25, -0.2) is 27.2 Å². The van der Waals surface area contributed by atoms with Gasteiger partial charge in [0, 0.05) is 17.8 Å². The summed E-state index contributed by atoms with van der Waals surface area (Å²) < 4.78 is 52.3. The Kier molecular flexibility index (Phi) is 6.00. The molecule has 4 heterocycles. The number of aromatic nitrogens is 3. The van der Waals surface area contributed by atoms with Crippen molar-refractivity contribution >= 4 is 38.2 Å². The van der Waals surface area contributed by atoms with Crippen LogP contribution in [0.15, 0.2) is 41.8 Å². The van der Waals surface area contributed by atoms with E-state index in [1.54, 1.807) is 6.07 Å². The van der Waals surface area contributed by atoms with Crippen molar-refractivity contribution in [2.45, 2.75) is 37.5 Å². The number of aliphatic imine (C=N–C) groups is 1. The minimum atomic E-state index is -3.55. The molecule has 32 heavy (non-hydrogen) atoms. The summed E-state index contributed by atoms with van der Waals surface area (Å²) in [5.74, 6) is -1.38. The van der Waals surface area contributed by atoms with Crippen molar-refractivity contribution in [2.75, 3.05) is 11.1 Å². The lowest BCUT2D eigenvalue weighted by atomic mass is 10.1. The van der Waals surface area contributed by atoms with Crippen molar-refractivity contribution in [3.05, 3.63) is 54.0 Å². The summed E-state index contributed by atoms with van der Waals surface area (Å²) in [5.41, 5.74) is 7.01. The summed E-state index contributed by atoms with van der Waals surface area (Å²) in [4.78, 5) is 16.2. The fourth-order valence-corrected chi connectivity index (χ4v) is 4.46. The predicted octanol–water partition coefficient (Wildman–Crippen LogP) is 3.43. The molecule has 0 amide bonds. The van der Waals surface area contributed by atoms with Crippen LogP contribution < -0.4 is 11.1 Å². The minimum absolute atomic E-state index is 0.0540. The summed E-state index contributed by atoms with van der Waals surface area (Å²) in [6, 6.07) is 3.25. The van der Waals surface area contributed by atoms with Gasteiger partial charge in [0.15, 0.2) is 9.84 Å². The quantitative estimate of drug-likeness (QED) is 0.614. The Morgan fingerprint density at radius 3 is 2.53 bits per heavy atom. The number of rotatable bonds is 3. The van der Waals surface area contributed by atoms with Gasteiger partial charge >= 0.3 is 0 Å². The number of anilines is 2. The molecule has 1 aliphatic carbocycles. The van der Waals surface area contributed by atoms with E-state index in [9.17, 15) is 17.2 Å². The standard InChI is InChI=1S/C18H16F2N6O2S.C3H6/c1-9-18(21)26-15(8-29(9,27)28)11-5-16(23-7-12(11)20)25-13-2-3-22-14-4-10(19)6-24-17(13)14;1-2-3-1/h2-7,9,15H,8H2,1H3,(H2,21,26)(H,22,23,25);1-3H2. The average Bonchev–Trinajstić information content (AvgIpc) is 3.62. The molecule has 2 unspecified atom stereocenters. The number of fused-ring (bicyclic) bond motifs is 1. The van der Waals surface area contributed by atoms with Gasteiger partial charge in [0.1, 0.15) is 34.1 Å². The fourth-order valence-electron chi connectivity index (χ4n) is 3.05. The largest absolute Gasteiger partial charge is 0.386 e. The summed E-state index contributed by atoms with van der Waals surface area (Å²) in [6.45, 7) is 1.45. The van der Waals surface area contributed by atoms with Gasteiger partial charge in [-0.1, -0.05) is 19.3 Å². The molecule has 3 aromatic heterocycles. The van der Waals surface area contributed by atoms with Crippen molar-refractivity contribution in [3.8, 4) is 0 Å². The molecule has 11 heteroatoms. The molecule has 0 aromatic carbocycles. The molecule has 1 fully saturated rings. The van der Waals surface area contributed by atoms with E-state index in [1.807, 2.05) is 0 Å². The average molecular weight is 461 g/mol. The third kappa shape index (κ3) is 4.82. The van der Waals surface area contributed by atoms with Gasteiger partial charge < -0.3 is 11.1 Å². The van der Waals surface area contributed by atoms with Crippen LogP contribution in [-0.4, -0.2) is 40.2 Å². The topological polar surface area (TPSA) is 123 Å². The van der Waals surface area contributed by atoms with E-state index in [0.29, 0.717) is 16.7 Å². The number of halogens is 2. The van der Waals surface area contributed by atoms with Crippen LogP contribution in [0.3, 0.4) is 0 Å². The second-order valence-corrected chi connectivity index (χ2v) is 10.1. The second-order valence-electron chi connectivity index (χ2n) is 7.70. The number of nitrogens with zero attached hydrogens (tertiary/aromatic N) is 4. The van der Waals surface area contributed by atoms with Crippen molar-refractivity contribution in [2.24, 2.45) is 10.7 Å². The van der Waals surface area contributed by atoms with Gasteiger partial charge in [-0.2, -0.15) is 0 Å². The van der Waals surface area contributed by atoms with Gasteiger partial charge in [0.05, 0.1) is 35.4 Å². The van der Waals surface area contributed by atoms with Crippen LogP contribution in [-0.2, 0) is 9.84 Å². The van der Waals surface area contributed by atoms with E-state index in [0.717, 1.165) is 12.4 Å². The highest BCUT2D eigenvalue weighted by atomic mass is 32.2. The zero-order chi connectivity index (χ0) is 22.9. The fraction of sp³-hybridized carbons (Fsp3) is 0.333. The molecule has 2 aliphatic rings. The molecular formula is C21H22F2N6O2S. The zero-order valence-corrected chi connectivity index (χ0v) is 18.1. The van der Waals surface area contributed by atoms with E-state index >= 15 is 0 Å². The van der Waals surface area contributed by atoms with Crippen molar-refractivity contribution in [3.63, 3.8) is 0 Å². The molecule has 1 saturated carbocycles. The Morgan fingerprint density at radius 1 is 1.09 bits per heavy atom. The number of hydrogen-bond acceptors (Lipinski definition) is 8. The first-order chi connectivity index (χ1) is 15.2. The molecule has 1 aliphatic heterocycles. The van der Waals surface area contributed by atoms with Crippen LogP contribution in [0.1, 0.15) is 37.8 Å². The molecule has 3 N–H and O–H groups in total. The molecular weight excluding hydrogens is 438 g/mol. The van der Waals surface area contributed by atoms with Gasteiger partial charge in [0.2, 0.25) is 0 Å². The molecule has 3 aromatic rings. The number of nitrogens with one attached hydrogen (secondary N) is 1. The van der Waals surface area contributed by atoms with Crippen molar-refractivity contribution < 1.29 is 17.2 Å². The summed E-state index contributed by atoms with van der Waals surface area (Å²) >= 11 is 0. The molecule has 2 atom stereocenters. The molecule has 5 rings (SSSR count). The Morgan fingerprint density at radius 2 is 1.84 bits per heavy atom. The molecule has 0 radical (unpaired) electrons. The molecule has 0 spiro atoms. The van der Waals surface area contributed by atoms with Crippen LogP contribution >= 0.6 is 0 Å². The van der Waals surface area contributed by atoms with Crippen LogP contribution in [0.2, 0.25) is 0 Å². The monoisotopic (exact) mass is 460 g/mol. The van der Waals surface area contributed by atoms with E-state index in [1.165, 1.54) is 44.5 Å². The van der Waals surface area contributed by atoms with Gasteiger partial charge in [-0.05, 0) is 19.1 Å². The van der Waals surface area contributed by atoms with E-state index in [-0.39, 0.29) is 23.0 Å². The number of sulfone groups is 1. The highest BCUT2D eigenvalue weighted by Gasteiger charge is 2.35. The third-order valence-corrected chi connectivity index (χ3v) is 7.15. The first-order valence-electron chi connectivity index (χ1n) is 10.1. The maximum atomic E-state index is 14.4. The summed E-state index contributed by atoms with van der Waals surface area (Å²) in [7, 11) is -3.55. The highest BCUT2D eigenvalue weighted by Crippen LogP contribution is 2.30. The van der Waals surface area contributed by atoms with E-state index < -0.39 is 32.8 Å². The van der Waals surface area contributed by atoms with E-state index in [2.05, 4.69) is 25.3 Å². The molecule has 0 bridgehead atoms. The Bertz CT molecular complexity index is 1290. The molecule has 168 valence electrons. The first-order valence-corrected chi connectivity index (χ1v) is 11.8. The minimum Gasteiger partial charge on any atom is -0.386 e. The maximum Gasteiger partial charge on any atom is 0.162 e. The Labute approximate surface area is 183 Å². The molecule has 8 nitrogen and oxygen atoms in total. The SMILES string of the molecule is C1CC1.CC1C(N)=NC(c2cc(Nc3ccnc4cc(F)cnc34)ncc2F)CS1(=O)=O. The number of hydrogen-bond donors (Lipinski definition) is 2.